The van der Waals surface area contributed by atoms with Gasteiger partial charge in [-0.3, -0.25) is 4.79 Å². The molecule has 1 amide bonds. The minimum atomic E-state index is -0.0352. The summed E-state index contributed by atoms with van der Waals surface area (Å²) in [4.78, 5) is 11.5. The van der Waals surface area contributed by atoms with Crippen molar-refractivity contribution >= 4 is 23.2 Å². The summed E-state index contributed by atoms with van der Waals surface area (Å²) in [5, 5.41) is 12.9. The number of phenolic OH excluding ortho intramolecular Hbond substituents is 1. The van der Waals surface area contributed by atoms with Crippen LogP contribution in [0.5, 0.6) is 5.75 Å². The predicted octanol–water partition coefficient (Wildman–Crippen LogP) is 2.70. The van der Waals surface area contributed by atoms with Gasteiger partial charge < -0.3 is 10.4 Å². The number of hydrogen-bond donors (Lipinski definition) is 2. The molecule has 2 N–H and O–H groups in total. The van der Waals surface area contributed by atoms with Crippen molar-refractivity contribution in [3.8, 4) is 5.75 Å². The molecule has 0 radical (unpaired) electrons. The van der Waals surface area contributed by atoms with Gasteiger partial charge in [0.2, 0.25) is 5.91 Å². The molecule has 3 nitrogen and oxygen atoms in total. The summed E-state index contributed by atoms with van der Waals surface area (Å²) in [5.41, 5.74) is 1.06. The number of phenols is 1. The normalized spacial score (nSPS) is 15.1. The number of amides is 1. The van der Waals surface area contributed by atoms with Gasteiger partial charge in [-0.25, -0.2) is 0 Å². The van der Waals surface area contributed by atoms with Crippen LogP contribution in [-0.2, 0) is 4.79 Å². The van der Waals surface area contributed by atoms with E-state index in [1.54, 1.807) is 19.1 Å². The minimum Gasteiger partial charge on any atom is -0.505 e. The maximum Gasteiger partial charge on any atom is 0.227 e. The van der Waals surface area contributed by atoms with Crippen molar-refractivity contribution in [3.05, 3.63) is 22.7 Å². The summed E-state index contributed by atoms with van der Waals surface area (Å²) in [7, 11) is 0. The predicted molar refractivity (Wildman–Crippen MR) is 59.2 cm³/mol. The van der Waals surface area contributed by atoms with Crippen LogP contribution in [0.15, 0.2) is 12.1 Å². The highest BCUT2D eigenvalue weighted by Gasteiger charge is 2.30. The topological polar surface area (TPSA) is 49.3 Å². The lowest BCUT2D eigenvalue weighted by molar-refractivity contribution is -0.117. The summed E-state index contributed by atoms with van der Waals surface area (Å²) >= 11 is 5.84. The van der Waals surface area contributed by atoms with E-state index in [9.17, 15) is 9.90 Å². The summed E-state index contributed by atoms with van der Waals surface area (Å²) < 4.78 is 0. The highest BCUT2D eigenvalue weighted by Crippen LogP contribution is 2.34. The summed E-state index contributed by atoms with van der Waals surface area (Å²) in [6, 6.07) is 3.22. The van der Waals surface area contributed by atoms with Crippen LogP contribution >= 0.6 is 11.6 Å². The van der Waals surface area contributed by atoms with Crippen molar-refractivity contribution in [2.75, 3.05) is 5.32 Å². The Balaban J connectivity index is 2.22. The average Bonchev–Trinajstić information content (AvgIpc) is 2.96. The van der Waals surface area contributed by atoms with E-state index >= 15 is 0 Å². The maximum atomic E-state index is 11.5. The first kappa shape index (κ1) is 10.3. The number of carbonyl (C=O) groups is 1. The van der Waals surface area contributed by atoms with Gasteiger partial charge in [0.1, 0.15) is 5.75 Å². The Bertz CT molecular complexity index is 413. The van der Waals surface area contributed by atoms with Crippen molar-refractivity contribution in [1.82, 2.24) is 0 Å². The molecule has 1 aliphatic rings. The molecule has 0 spiro atoms. The van der Waals surface area contributed by atoms with Gasteiger partial charge in [-0.1, -0.05) is 11.6 Å². The molecule has 15 heavy (non-hydrogen) atoms. The Morgan fingerprint density at radius 3 is 2.80 bits per heavy atom. The van der Waals surface area contributed by atoms with Crippen LogP contribution < -0.4 is 5.32 Å². The first-order valence-electron chi connectivity index (χ1n) is 4.88. The van der Waals surface area contributed by atoms with Crippen LogP contribution in [0.2, 0.25) is 5.02 Å². The van der Waals surface area contributed by atoms with Crippen LogP contribution in [-0.4, -0.2) is 11.0 Å². The fraction of sp³-hybridized carbons (Fsp3) is 0.364. The molecule has 0 aliphatic heterocycles. The Hall–Kier alpha value is -1.22. The third kappa shape index (κ3) is 2.23. The Labute approximate surface area is 93.1 Å². The lowest BCUT2D eigenvalue weighted by Gasteiger charge is -2.09. The zero-order valence-corrected chi connectivity index (χ0v) is 9.14. The average molecular weight is 226 g/mol. The number of hydrogen-bond acceptors (Lipinski definition) is 2. The second-order valence-corrected chi connectivity index (χ2v) is 4.32. The first-order valence-corrected chi connectivity index (χ1v) is 5.25. The molecule has 1 saturated carbocycles. The monoisotopic (exact) mass is 225 g/mol. The number of rotatable bonds is 2. The Morgan fingerprint density at radius 1 is 1.53 bits per heavy atom. The van der Waals surface area contributed by atoms with Gasteiger partial charge in [0, 0.05) is 10.9 Å². The number of nitrogens with one attached hydrogen (secondary N) is 1. The molecule has 1 aromatic rings. The molecule has 4 heteroatoms. The number of benzene rings is 1. The second-order valence-electron chi connectivity index (χ2n) is 3.88. The van der Waals surface area contributed by atoms with Crippen LogP contribution in [0.1, 0.15) is 18.4 Å². The van der Waals surface area contributed by atoms with Crippen LogP contribution in [0.3, 0.4) is 0 Å². The van der Waals surface area contributed by atoms with E-state index in [0.29, 0.717) is 16.3 Å². The van der Waals surface area contributed by atoms with Crippen molar-refractivity contribution in [3.63, 3.8) is 0 Å². The zero-order valence-electron chi connectivity index (χ0n) is 8.38. The zero-order chi connectivity index (χ0) is 11.0. The number of halogens is 1. The van der Waals surface area contributed by atoms with Gasteiger partial charge in [0.15, 0.2) is 0 Å². The molecule has 80 valence electrons. The van der Waals surface area contributed by atoms with Gasteiger partial charge >= 0.3 is 0 Å². The molecular formula is C11H12ClNO2. The number of aromatic hydroxyl groups is 1. The Kier molecular flexibility index (Phi) is 2.57. The lowest BCUT2D eigenvalue weighted by atomic mass is 10.2. The molecule has 1 aliphatic carbocycles. The van der Waals surface area contributed by atoms with Gasteiger partial charge in [0.25, 0.3) is 0 Å². The van der Waals surface area contributed by atoms with Gasteiger partial charge in [0.05, 0.1) is 5.69 Å². The molecular weight excluding hydrogens is 214 g/mol. The summed E-state index contributed by atoms with van der Waals surface area (Å²) in [6.07, 6.45) is 1.87. The number of aryl methyl sites for hydroxylation is 1. The maximum absolute atomic E-state index is 11.5. The van der Waals surface area contributed by atoms with Crippen molar-refractivity contribution < 1.29 is 9.90 Å². The van der Waals surface area contributed by atoms with Gasteiger partial charge in [-0.15, -0.1) is 0 Å². The smallest absolute Gasteiger partial charge is 0.227 e. The fourth-order valence-electron chi connectivity index (χ4n) is 1.41. The molecule has 1 fully saturated rings. The molecule has 0 heterocycles. The molecule has 1 aromatic carbocycles. The largest absolute Gasteiger partial charge is 0.505 e. The molecule has 0 unspecified atom stereocenters. The quantitative estimate of drug-likeness (QED) is 0.761. The highest BCUT2D eigenvalue weighted by atomic mass is 35.5. The fourth-order valence-corrected chi connectivity index (χ4v) is 1.68. The third-order valence-electron chi connectivity index (χ3n) is 2.47. The third-order valence-corrected chi connectivity index (χ3v) is 2.69. The minimum absolute atomic E-state index is 0.0352. The van der Waals surface area contributed by atoms with E-state index < -0.39 is 0 Å². The second kappa shape index (κ2) is 3.74. The van der Waals surface area contributed by atoms with Gasteiger partial charge in [-0.2, -0.15) is 0 Å². The standard InChI is InChI=1S/C11H12ClNO2/c1-6-4-8(12)5-9(10(6)14)13-11(15)7-2-3-7/h4-5,7,14H,2-3H2,1H3,(H,13,15). The number of carbonyl (C=O) groups excluding carboxylic acids is 1. The van der Waals surface area contributed by atoms with E-state index in [1.165, 1.54) is 0 Å². The van der Waals surface area contributed by atoms with Crippen LogP contribution in [0.4, 0.5) is 5.69 Å². The van der Waals surface area contributed by atoms with E-state index in [2.05, 4.69) is 5.32 Å². The van der Waals surface area contributed by atoms with E-state index in [-0.39, 0.29) is 17.6 Å². The lowest BCUT2D eigenvalue weighted by Crippen LogP contribution is -2.13. The van der Waals surface area contributed by atoms with Crippen molar-refractivity contribution in [1.29, 1.82) is 0 Å². The summed E-state index contributed by atoms with van der Waals surface area (Å²) in [5.74, 6) is 0.170. The van der Waals surface area contributed by atoms with Crippen molar-refractivity contribution in [2.24, 2.45) is 5.92 Å². The number of anilines is 1. The SMILES string of the molecule is Cc1cc(Cl)cc(NC(=O)C2CC2)c1O. The Morgan fingerprint density at radius 2 is 2.20 bits per heavy atom. The molecule has 0 atom stereocenters. The van der Waals surface area contributed by atoms with Gasteiger partial charge in [-0.05, 0) is 37.5 Å². The van der Waals surface area contributed by atoms with E-state index in [4.69, 9.17) is 11.6 Å². The molecule has 0 saturated heterocycles. The first-order chi connectivity index (χ1) is 7.08. The molecule has 0 bridgehead atoms. The van der Waals surface area contributed by atoms with Crippen LogP contribution in [0.25, 0.3) is 0 Å². The highest BCUT2D eigenvalue weighted by molar-refractivity contribution is 6.31. The van der Waals surface area contributed by atoms with Crippen LogP contribution in [0, 0.1) is 12.8 Å². The van der Waals surface area contributed by atoms with Crippen molar-refractivity contribution in [2.45, 2.75) is 19.8 Å². The molecule has 0 aromatic heterocycles. The van der Waals surface area contributed by atoms with E-state index in [0.717, 1.165) is 12.8 Å². The van der Waals surface area contributed by atoms with E-state index in [1.807, 2.05) is 0 Å². The summed E-state index contributed by atoms with van der Waals surface area (Å²) in [6.45, 7) is 1.74. The molecule has 2 rings (SSSR count).